The molecule has 108 valence electrons. The Balaban J connectivity index is 1.67. The highest BCUT2D eigenvalue weighted by Crippen LogP contribution is 2.26. The van der Waals surface area contributed by atoms with Gasteiger partial charge in [-0.2, -0.15) is 0 Å². The molecule has 5 nitrogen and oxygen atoms in total. The van der Waals surface area contributed by atoms with Crippen molar-refractivity contribution in [2.24, 2.45) is 5.92 Å². The van der Waals surface area contributed by atoms with E-state index in [0.717, 1.165) is 11.4 Å². The van der Waals surface area contributed by atoms with E-state index in [1.807, 2.05) is 36.1 Å². The van der Waals surface area contributed by atoms with Crippen LogP contribution >= 0.6 is 0 Å². The second-order valence-corrected chi connectivity index (χ2v) is 5.74. The van der Waals surface area contributed by atoms with Gasteiger partial charge in [-0.3, -0.25) is 4.79 Å². The average Bonchev–Trinajstić information content (AvgIpc) is 2.49. The first-order valence-electron chi connectivity index (χ1n) is 7.21. The monoisotopic (exact) mass is 275 g/mol. The van der Waals surface area contributed by atoms with Gasteiger partial charge in [0.25, 0.3) is 0 Å². The molecule has 5 heteroatoms. The summed E-state index contributed by atoms with van der Waals surface area (Å²) in [4.78, 5) is 14.4. The summed E-state index contributed by atoms with van der Waals surface area (Å²) in [5.74, 6) is 0.266. The molecule has 1 aromatic carbocycles. The van der Waals surface area contributed by atoms with Gasteiger partial charge in [-0.15, -0.1) is 0 Å². The van der Waals surface area contributed by atoms with Crippen molar-refractivity contribution in [1.82, 2.24) is 4.90 Å². The predicted octanol–water partition coefficient (Wildman–Crippen LogP) is 1.12. The van der Waals surface area contributed by atoms with E-state index in [4.69, 9.17) is 0 Å². The number of hydrogen-bond donors (Lipinski definition) is 3. The van der Waals surface area contributed by atoms with E-state index < -0.39 is 0 Å². The molecule has 0 saturated carbocycles. The van der Waals surface area contributed by atoms with E-state index in [0.29, 0.717) is 26.1 Å². The normalized spacial score (nSPS) is 29.1. The molecule has 3 rings (SSSR count). The minimum absolute atomic E-state index is 0.116. The number of fused-ring (bicyclic) bond motifs is 1. The lowest BCUT2D eigenvalue weighted by Crippen LogP contribution is -2.53. The highest BCUT2D eigenvalue weighted by molar-refractivity contribution is 5.88. The maximum absolute atomic E-state index is 12.6. The number of para-hydroxylation sites is 2. The zero-order chi connectivity index (χ0) is 14.1. The number of amides is 1. The largest absolute Gasteiger partial charge is 0.393 e. The Hall–Kier alpha value is -1.75. The molecule has 1 saturated heterocycles. The van der Waals surface area contributed by atoms with Gasteiger partial charge >= 0.3 is 0 Å². The van der Waals surface area contributed by atoms with Gasteiger partial charge in [0.15, 0.2) is 0 Å². The van der Waals surface area contributed by atoms with Crippen LogP contribution < -0.4 is 10.6 Å². The molecule has 3 atom stereocenters. The smallest absolute Gasteiger partial charge is 0.246 e. The van der Waals surface area contributed by atoms with E-state index in [-0.39, 0.29) is 24.0 Å². The number of rotatable bonds is 1. The van der Waals surface area contributed by atoms with Crippen molar-refractivity contribution in [2.75, 3.05) is 30.3 Å². The van der Waals surface area contributed by atoms with Crippen LogP contribution in [0.15, 0.2) is 24.3 Å². The third-order valence-corrected chi connectivity index (χ3v) is 4.22. The highest BCUT2D eigenvalue weighted by atomic mass is 16.3. The molecule has 3 unspecified atom stereocenters. The summed E-state index contributed by atoms with van der Waals surface area (Å²) in [5, 5.41) is 16.3. The molecular weight excluding hydrogens is 254 g/mol. The SMILES string of the molecule is CC1CN(C(=O)C2CNc3ccccc3N2)CCC1O. The molecule has 2 aliphatic heterocycles. The molecule has 20 heavy (non-hydrogen) atoms. The standard InChI is InChI=1S/C15H21N3O2/c1-10-9-18(7-6-14(10)19)15(20)13-8-16-11-4-2-3-5-12(11)17-13/h2-5,10,13-14,16-17,19H,6-9H2,1H3. The van der Waals surface area contributed by atoms with Gasteiger partial charge in [-0.05, 0) is 24.5 Å². The van der Waals surface area contributed by atoms with E-state index in [1.165, 1.54) is 0 Å². The van der Waals surface area contributed by atoms with Gasteiger partial charge in [-0.25, -0.2) is 0 Å². The molecule has 0 aliphatic carbocycles. The van der Waals surface area contributed by atoms with Crippen LogP contribution in [0, 0.1) is 5.92 Å². The molecule has 3 N–H and O–H groups in total. The first kappa shape index (κ1) is 13.2. The van der Waals surface area contributed by atoms with Crippen LogP contribution in [0.3, 0.4) is 0 Å². The number of carbonyl (C=O) groups excluding carboxylic acids is 1. The fourth-order valence-electron chi connectivity index (χ4n) is 2.92. The number of aliphatic hydroxyl groups excluding tert-OH is 1. The number of hydrogen-bond acceptors (Lipinski definition) is 4. The topological polar surface area (TPSA) is 64.6 Å². The molecule has 0 radical (unpaired) electrons. The first-order chi connectivity index (χ1) is 9.65. The van der Waals surface area contributed by atoms with Crippen molar-refractivity contribution in [3.63, 3.8) is 0 Å². The first-order valence-corrected chi connectivity index (χ1v) is 7.21. The molecule has 1 fully saturated rings. The van der Waals surface area contributed by atoms with Crippen molar-refractivity contribution >= 4 is 17.3 Å². The predicted molar refractivity (Wildman–Crippen MR) is 78.7 cm³/mol. The molecule has 1 aromatic rings. The minimum Gasteiger partial charge on any atom is -0.393 e. The Labute approximate surface area is 119 Å². The highest BCUT2D eigenvalue weighted by Gasteiger charge is 2.32. The van der Waals surface area contributed by atoms with Crippen LogP contribution in [0.5, 0.6) is 0 Å². The third kappa shape index (κ3) is 2.45. The van der Waals surface area contributed by atoms with Crippen molar-refractivity contribution in [3.8, 4) is 0 Å². The van der Waals surface area contributed by atoms with Gasteiger partial charge in [0.05, 0.1) is 17.5 Å². The maximum Gasteiger partial charge on any atom is 0.246 e. The number of nitrogens with zero attached hydrogens (tertiary/aromatic N) is 1. The lowest BCUT2D eigenvalue weighted by molar-refractivity contribution is -0.135. The van der Waals surface area contributed by atoms with Gasteiger partial charge in [0.2, 0.25) is 5.91 Å². The zero-order valence-corrected chi connectivity index (χ0v) is 11.7. The van der Waals surface area contributed by atoms with Crippen LogP contribution in [-0.4, -0.2) is 47.7 Å². The average molecular weight is 275 g/mol. The molecule has 2 heterocycles. The number of nitrogens with one attached hydrogen (secondary N) is 2. The van der Waals surface area contributed by atoms with Crippen molar-refractivity contribution in [1.29, 1.82) is 0 Å². The fraction of sp³-hybridized carbons (Fsp3) is 0.533. The van der Waals surface area contributed by atoms with E-state index in [1.54, 1.807) is 0 Å². The summed E-state index contributed by atoms with van der Waals surface area (Å²) >= 11 is 0. The maximum atomic E-state index is 12.6. The second kappa shape index (κ2) is 5.32. The number of carbonyl (C=O) groups is 1. The Morgan fingerprint density at radius 3 is 2.85 bits per heavy atom. The molecule has 0 spiro atoms. The quantitative estimate of drug-likeness (QED) is 0.719. The Morgan fingerprint density at radius 2 is 2.10 bits per heavy atom. The van der Waals surface area contributed by atoms with Crippen LogP contribution in [0.2, 0.25) is 0 Å². The Bertz CT molecular complexity index is 506. The number of piperidine rings is 1. The molecule has 0 bridgehead atoms. The fourth-order valence-corrected chi connectivity index (χ4v) is 2.92. The number of anilines is 2. The Kier molecular flexibility index (Phi) is 3.53. The number of likely N-dealkylation sites (tertiary alicyclic amines) is 1. The number of benzene rings is 1. The summed E-state index contributed by atoms with van der Waals surface area (Å²) in [6, 6.07) is 7.68. The van der Waals surface area contributed by atoms with Crippen LogP contribution in [-0.2, 0) is 4.79 Å². The van der Waals surface area contributed by atoms with Gasteiger partial charge in [0.1, 0.15) is 6.04 Å². The lowest BCUT2D eigenvalue weighted by atomic mass is 9.96. The zero-order valence-electron chi connectivity index (χ0n) is 11.7. The van der Waals surface area contributed by atoms with Crippen molar-refractivity contribution in [3.05, 3.63) is 24.3 Å². The van der Waals surface area contributed by atoms with Crippen LogP contribution in [0.25, 0.3) is 0 Å². The molecule has 0 aromatic heterocycles. The summed E-state index contributed by atoms with van der Waals surface area (Å²) in [7, 11) is 0. The number of aliphatic hydroxyl groups is 1. The molecule has 1 amide bonds. The van der Waals surface area contributed by atoms with Gasteiger partial charge < -0.3 is 20.6 Å². The summed E-state index contributed by atoms with van der Waals surface area (Å²) in [6.45, 7) is 3.87. The summed E-state index contributed by atoms with van der Waals surface area (Å²) < 4.78 is 0. The molecule has 2 aliphatic rings. The van der Waals surface area contributed by atoms with Crippen molar-refractivity contribution < 1.29 is 9.90 Å². The Morgan fingerprint density at radius 1 is 1.35 bits per heavy atom. The summed E-state index contributed by atoms with van der Waals surface area (Å²) in [6.07, 6.45) is 0.390. The second-order valence-electron chi connectivity index (χ2n) is 5.74. The van der Waals surface area contributed by atoms with E-state index in [9.17, 15) is 9.90 Å². The van der Waals surface area contributed by atoms with Crippen molar-refractivity contribution in [2.45, 2.75) is 25.5 Å². The van der Waals surface area contributed by atoms with Gasteiger partial charge in [-0.1, -0.05) is 19.1 Å². The van der Waals surface area contributed by atoms with Gasteiger partial charge in [0, 0.05) is 19.6 Å². The minimum atomic E-state index is -0.280. The lowest BCUT2D eigenvalue weighted by Gasteiger charge is -2.38. The van der Waals surface area contributed by atoms with Crippen LogP contribution in [0.4, 0.5) is 11.4 Å². The van der Waals surface area contributed by atoms with Crippen LogP contribution in [0.1, 0.15) is 13.3 Å². The summed E-state index contributed by atoms with van der Waals surface area (Å²) in [5.41, 5.74) is 2.01. The van der Waals surface area contributed by atoms with E-state index in [2.05, 4.69) is 10.6 Å². The van der Waals surface area contributed by atoms with E-state index >= 15 is 0 Å². The molecular formula is C15H21N3O2. The third-order valence-electron chi connectivity index (χ3n) is 4.22.